The summed E-state index contributed by atoms with van der Waals surface area (Å²) in [4.78, 5) is 8.93. The zero-order valence-corrected chi connectivity index (χ0v) is 20.1. The second-order valence-corrected chi connectivity index (χ2v) is 7.53. The zero-order valence-electron chi connectivity index (χ0n) is 19.3. The van der Waals surface area contributed by atoms with Gasteiger partial charge in [-0.25, -0.2) is 4.98 Å². The standard InChI is InChI=1S/C24H29N5O3S/c1-5-32-19-9-7-18(8-10-19)27-22-14-16(2)26-23(28-22)29-24(33)25-13-12-17-6-11-20(30-3)21(15-17)31-4/h6-11,14-15H,5,12-13H2,1-4H3,(H3,25,26,27,28,29,33). The third-order valence-corrected chi connectivity index (χ3v) is 4.91. The Morgan fingerprint density at radius 1 is 0.970 bits per heavy atom. The molecule has 0 bridgehead atoms. The number of aryl methyl sites for hydroxylation is 1. The van der Waals surface area contributed by atoms with E-state index in [1.54, 1.807) is 14.2 Å². The lowest BCUT2D eigenvalue weighted by Gasteiger charge is -2.13. The van der Waals surface area contributed by atoms with Gasteiger partial charge in [0.15, 0.2) is 16.6 Å². The SMILES string of the molecule is CCOc1ccc(Nc2cc(C)nc(NC(=S)NCCc3ccc(OC)c(OC)c3)n2)cc1. The Hall–Kier alpha value is -3.59. The van der Waals surface area contributed by atoms with Crippen LogP contribution in [0.2, 0.25) is 0 Å². The summed E-state index contributed by atoms with van der Waals surface area (Å²) in [7, 11) is 3.25. The highest BCUT2D eigenvalue weighted by atomic mass is 32.1. The van der Waals surface area contributed by atoms with Crippen molar-refractivity contribution in [2.45, 2.75) is 20.3 Å². The second kappa shape index (κ2) is 11.9. The van der Waals surface area contributed by atoms with Gasteiger partial charge in [0.1, 0.15) is 11.6 Å². The predicted octanol–water partition coefficient (Wildman–Crippen LogP) is 4.47. The van der Waals surface area contributed by atoms with Crippen molar-refractivity contribution in [1.29, 1.82) is 0 Å². The molecule has 3 rings (SSSR count). The summed E-state index contributed by atoms with van der Waals surface area (Å²) in [5.74, 6) is 3.33. The van der Waals surface area contributed by atoms with E-state index in [2.05, 4.69) is 25.9 Å². The molecule has 3 N–H and O–H groups in total. The van der Waals surface area contributed by atoms with E-state index in [-0.39, 0.29) is 0 Å². The first kappa shape index (κ1) is 24.1. The molecule has 1 heterocycles. The molecule has 0 fully saturated rings. The van der Waals surface area contributed by atoms with Gasteiger partial charge in [0.2, 0.25) is 5.95 Å². The highest BCUT2D eigenvalue weighted by molar-refractivity contribution is 7.80. The van der Waals surface area contributed by atoms with Crippen molar-refractivity contribution in [1.82, 2.24) is 15.3 Å². The van der Waals surface area contributed by atoms with Gasteiger partial charge in [-0.2, -0.15) is 4.98 Å². The van der Waals surface area contributed by atoms with E-state index in [4.69, 9.17) is 26.4 Å². The molecule has 0 aliphatic heterocycles. The molecule has 174 valence electrons. The van der Waals surface area contributed by atoms with Crippen molar-refractivity contribution in [2.75, 3.05) is 38.0 Å². The van der Waals surface area contributed by atoms with Crippen LogP contribution in [-0.4, -0.2) is 42.5 Å². The molecule has 0 aliphatic rings. The fraction of sp³-hybridized carbons (Fsp3) is 0.292. The van der Waals surface area contributed by atoms with Crippen LogP contribution in [0.3, 0.4) is 0 Å². The Morgan fingerprint density at radius 2 is 1.73 bits per heavy atom. The lowest BCUT2D eigenvalue weighted by Crippen LogP contribution is -2.31. The van der Waals surface area contributed by atoms with Gasteiger partial charge in [-0.05, 0) is 74.4 Å². The minimum atomic E-state index is 0.423. The Balaban J connectivity index is 1.54. The molecule has 0 amide bonds. The highest BCUT2D eigenvalue weighted by Gasteiger charge is 2.07. The first-order valence-corrected chi connectivity index (χ1v) is 11.0. The fourth-order valence-electron chi connectivity index (χ4n) is 3.14. The normalized spacial score (nSPS) is 10.3. The largest absolute Gasteiger partial charge is 0.494 e. The Kier molecular flexibility index (Phi) is 8.65. The lowest BCUT2D eigenvalue weighted by atomic mass is 10.1. The van der Waals surface area contributed by atoms with Crippen LogP contribution in [0, 0.1) is 6.92 Å². The van der Waals surface area contributed by atoms with Crippen LogP contribution in [0.5, 0.6) is 17.2 Å². The Bertz CT molecular complexity index is 1080. The minimum Gasteiger partial charge on any atom is -0.494 e. The average Bonchev–Trinajstić information content (AvgIpc) is 2.80. The summed E-state index contributed by atoms with van der Waals surface area (Å²) >= 11 is 5.41. The number of methoxy groups -OCH3 is 2. The van der Waals surface area contributed by atoms with Gasteiger partial charge in [0.25, 0.3) is 0 Å². The van der Waals surface area contributed by atoms with Gasteiger partial charge in [-0.3, -0.25) is 0 Å². The van der Waals surface area contributed by atoms with Gasteiger partial charge in [-0.1, -0.05) is 6.07 Å². The number of thiocarbonyl (C=S) groups is 1. The Morgan fingerprint density at radius 3 is 2.42 bits per heavy atom. The third kappa shape index (κ3) is 7.21. The topological polar surface area (TPSA) is 89.6 Å². The summed E-state index contributed by atoms with van der Waals surface area (Å²) in [6.07, 6.45) is 0.765. The molecule has 0 aliphatic carbocycles. The third-order valence-electron chi connectivity index (χ3n) is 4.66. The molecule has 8 nitrogen and oxygen atoms in total. The predicted molar refractivity (Wildman–Crippen MR) is 135 cm³/mol. The van der Waals surface area contributed by atoms with E-state index in [1.165, 1.54) is 0 Å². The molecule has 0 saturated heterocycles. The Labute approximate surface area is 199 Å². The van der Waals surface area contributed by atoms with Gasteiger partial charge < -0.3 is 30.2 Å². The molecule has 0 saturated carbocycles. The van der Waals surface area contributed by atoms with Crippen LogP contribution in [0.25, 0.3) is 0 Å². The van der Waals surface area contributed by atoms with Crippen molar-refractivity contribution in [2.24, 2.45) is 0 Å². The molecule has 1 aromatic heterocycles. The quantitative estimate of drug-likeness (QED) is 0.374. The molecular formula is C24H29N5O3S. The van der Waals surface area contributed by atoms with E-state index in [0.717, 1.165) is 29.1 Å². The first-order valence-electron chi connectivity index (χ1n) is 10.6. The van der Waals surface area contributed by atoms with E-state index in [9.17, 15) is 0 Å². The number of nitrogens with zero attached hydrogens (tertiary/aromatic N) is 2. The zero-order chi connectivity index (χ0) is 23.6. The second-order valence-electron chi connectivity index (χ2n) is 7.12. The summed E-state index contributed by atoms with van der Waals surface area (Å²) in [5, 5.41) is 9.97. The van der Waals surface area contributed by atoms with Gasteiger partial charge in [-0.15, -0.1) is 0 Å². The maximum absolute atomic E-state index is 5.48. The molecule has 0 spiro atoms. The lowest BCUT2D eigenvalue weighted by molar-refractivity contribution is 0.340. The van der Waals surface area contributed by atoms with Crippen molar-refractivity contribution in [3.63, 3.8) is 0 Å². The molecule has 0 atom stereocenters. The number of rotatable bonds is 10. The number of anilines is 3. The number of benzene rings is 2. The van der Waals surface area contributed by atoms with E-state index >= 15 is 0 Å². The molecule has 2 aromatic carbocycles. The number of nitrogens with one attached hydrogen (secondary N) is 3. The van der Waals surface area contributed by atoms with Crippen LogP contribution >= 0.6 is 12.2 Å². The van der Waals surface area contributed by atoms with Crippen LogP contribution in [0.4, 0.5) is 17.5 Å². The van der Waals surface area contributed by atoms with Crippen molar-refractivity contribution < 1.29 is 14.2 Å². The number of hydrogen-bond donors (Lipinski definition) is 3. The van der Waals surface area contributed by atoms with E-state index in [0.29, 0.717) is 41.5 Å². The fourth-order valence-corrected chi connectivity index (χ4v) is 3.33. The smallest absolute Gasteiger partial charge is 0.231 e. The molecule has 9 heteroatoms. The number of hydrogen-bond acceptors (Lipinski definition) is 7. The molecule has 3 aromatic rings. The molecule has 33 heavy (non-hydrogen) atoms. The highest BCUT2D eigenvalue weighted by Crippen LogP contribution is 2.27. The van der Waals surface area contributed by atoms with E-state index < -0.39 is 0 Å². The monoisotopic (exact) mass is 467 g/mol. The van der Waals surface area contributed by atoms with Crippen molar-refractivity contribution in [3.8, 4) is 17.2 Å². The molecular weight excluding hydrogens is 438 g/mol. The van der Waals surface area contributed by atoms with Gasteiger partial charge in [0, 0.05) is 24.0 Å². The summed E-state index contributed by atoms with van der Waals surface area (Å²) in [5.41, 5.74) is 2.82. The first-order chi connectivity index (χ1) is 16.0. The maximum Gasteiger partial charge on any atom is 0.231 e. The summed E-state index contributed by atoms with van der Waals surface area (Å²) in [6.45, 7) is 5.14. The van der Waals surface area contributed by atoms with Gasteiger partial charge in [0.05, 0.1) is 20.8 Å². The number of ether oxygens (including phenoxy) is 3. The van der Waals surface area contributed by atoms with Crippen molar-refractivity contribution in [3.05, 3.63) is 59.8 Å². The van der Waals surface area contributed by atoms with Crippen molar-refractivity contribution >= 4 is 34.8 Å². The number of aromatic nitrogens is 2. The maximum atomic E-state index is 5.48. The van der Waals surface area contributed by atoms with Crippen LogP contribution < -0.4 is 30.2 Å². The van der Waals surface area contributed by atoms with Crippen LogP contribution in [0.15, 0.2) is 48.5 Å². The van der Waals surface area contributed by atoms with E-state index in [1.807, 2.05) is 62.4 Å². The minimum absolute atomic E-state index is 0.423. The average molecular weight is 468 g/mol. The molecule has 0 radical (unpaired) electrons. The summed E-state index contributed by atoms with van der Waals surface area (Å²) in [6, 6.07) is 15.4. The molecule has 0 unspecified atom stereocenters. The van der Waals surface area contributed by atoms with Crippen LogP contribution in [-0.2, 0) is 6.42 Å². The van der Waals surface area contributed by atoms with Crippen LogP contribution in [0.1, 0.15) is 18.2 Å². The summed E-state index contributed by atoms with van der Waals surface area (Å²) < 4.78 is 16.1. The van der Waals surface area contributed by atoms with Gasteiger partial charge >= 0.3 is 0 Å².